The van der Waals surface area contributed by atoms with Crippen LogP contribution in [0.5, 0.6) is 0 Å². The zero-order valence-electron chi connectivity index (χ0n) is 9.68. The summed E-state index contributed by atoms with van der Waals surface area (Å²) < 4.78 is 1.93. The lowest BCUT2D eigenvalue weighted by Crippen LogP contribution is -2.30. The number of nitrogens with one attached hydrogen (secondary N) is 2. The van der Waals surface area contributed by atoms with Gasteiger partial charge in [-0.15, -0.1) is 6.58 Å². The highest BCUT2D eigenvalue weighted by atomic mass is 16.2. The molecule has 2 N–H and O–H groups in total. The van der Waals surface area contributed by atoms with E-state index in [2.05, 4.69) is 16.9 Å². The lowest BCUT2D eigenvalue weighted by Gasteiger charge is -2.21. The van der Waals surface area contributed by atoms with Crippen LogP contribution in [0.3, 0.4) is 0 Å². The van der Waals surface area contributed by atoms with Gasteiger partial charge in [-0.05, 0) is 6.92 Å². The topological polar surface area (TPSA) is 74.0 Å². The number of rotatable bonds is 4. The minimum Gasteiger partial charge on any atom is -0.333 e. The molecule has 0 aliphatic carbocycles. The van der Waals surface area contributed by atoms with Gasteiger partial charge in [0.2, 0.25) is 0 Å². The third-order valence-electron chi connectivity index (χ3n) is 2.78. The van der Waals surface area contributed by atoms with Crippen LogP contribution >= 0.6 is 0 Å². The van der Waals surface area contributed by atoms with E-state index < -0.39 is 0 Å². The number of amidine groups is 1. The van der Waals surface area contributed by atoms with Gasteiger partial charge in [0.15, 0.2) is 0 Å². The molecule has 1 saturated heterocycles. The molecule has 1 fully saturated rings. The lowest BCUT2D eigenvalue weighted by molar-refractivity contribution is 0.210. The Bertz CT molecular complexity index is 464. The summed E-state index contributed by atoms with van der Waals surface area (Å²) >= 11 is 0. The van der Waals surface area contributed by atoms with E-state index in [0.29, 0.717) is 6.54 Å². The van der Waals surface area contributed by atoms with Crippen molar-refractivity contribution in [1.82, 2.24) is 19.8 Å². The molecule has 6 nitrogen and oxygen atoms in total. The molecule has 2 heterocycles. The van der Waals surface area contributed by atoms with Crippen molar-refractivity contribution in [3.63, 3.8) is 0 Å². The van der Waals surface area contributed by atoms with E-state index in [1.54, 1.807) is 23.5 Å². The summed E-state index contributed by atoms with van der Waals surface area (Å²) in [5.74, 6) is 0.187. The van der Waals surface area contributed by atoms with Crippen LogP contribution in [0.4, 0.5) is 4.79 Å². The molecule has 1 atom stereocenters. The van der Waals surface area contributed by atoms with Crippen LogP contribution in [0.1, 0.15) is 18.7 Å². The zero-order chi connectivity index (χ0) is 12.4. The maximum atomic E-state index is 11.7. The van der Waals surface area contributed by atoms with Crippen LogP contribution in [0.2, 0.25) is 0 Å². The first-order valence-corrected chi connectivity index (χ1v) is 5.46. The molecule has 0 spiro atoms. The molecule has 6 heteroatoms. The fraction of sp³-hybridized carbons (Fsp3) is 0.364. The molecule has 0 bridgehead atoms. The Balaban J connectivity index is 2.37. The van der Waals surface area contributed by atoms with Gasteiger partial charge in [-0.3, -0.25) is 10.7 Å². The number of urea groups is 1. The number of nitrogens with zero attached hydrogens (tertiary/aromatic N) is 3. The number of aryl methyl sites for hydroxylation is 1. The first kappa shape index (κ1) is 11.4. The molecule has 1 aliphatic heterocycles. The van der Waals surface area contributed by atoms with Gasteiger partial charge in [0.1, 0.15) is 11.9 Å². The van der Waals surface area contributed by atoms with E-state index in [1.165, 1.54) is 0 Å². The highest BCUT2D eigenvalue weighted by molar-refractivity contribution is 6.05. The van der Waals surface area contributed by atoms with Gasteiger partial charge in [0.25, 0.3) is 0 Å². The Kier molecular flexibility index (Phi) is 2.95. The summed E-state index contributed by atoms with van der Waals surface area (Å²) in [6.07, 6.45) is 5.05. The summed E-state index contributed by atoms with van der Waals surface area (Å²) in [6, 6.07) is -0.647. The zero-order valence-corrected chi connectivity index (χ0v) is 9.68. The van der Waals surface area contributed by atoms with Crippen molar-refractivity contribution in [3.8, 4) is 0 Å². The normalized spacial score (nSPS) is 19.6. The molecule has 1 unspecified atom stereocenters. The van der Waals surface area contributed by atoms with Crippen LogP contribution in [-0.4, -0.2) is 32.9 Å². The number of aromatic nitrogens is 2. The largest absolute Gasteiger partial charge is 0.333 e. The Hall–Kier alpha value is -2.11. The molecule has 17 heavy (non-hydrogen) atoms. The van der Waals surface area contributed by atoms with Crippen molar-refractivity contribution in [2.24, 2.45) is 0 Å². The standard InChI is InChI=1S/C11H15N5O/c1-3-5-16-9(10(12)14-11(16)17)8-6-13-7-15(8)4-2/h3,6-7,9H,1,4-5H2,2H3,(H2,12,14,17). The van der Waals surface area contributed by atoms with Crippen molar-refractivity contribution in [3.05, 3.63) is 30.9 Å². The van der Waals surface area contributed by atoms with Gasteiger partial charge < -0.3 is 9.47 Å². The minimum atomic E-state index is -0.386. The molecule has 0 aromatic carbocycles. The number of carbonyl (C=O) groups excluding carboxylic acids is 1. The highest BCUT2D eigenvalue weighted by Crippen LogP contribution is 2.25. The number of carbonyl (C=O) groups is 1. The van der Waals surface area contributed by atoms with E-state index in [0.717, 1.165) is 12.2 Å². The van der Waals surface area contributed by atoms with Crippen molar-refractivity contribution in [2.45, 2.75) is 19.5 Å². The molecule has 0 saturated carbocycles. The van der Waals surface area contributed by atoms with Crippen molar-refractivity contribution >= 4 is 11.9 Å². The van der Waals surface area contributed by atoms with Crippen LogP contribution < -0.4 is 5.32 Å². The molecule has 0 radical (unpaired) electrons. The maximum absolute atomic E-state index is 11.7. The van der Waals surface area contributed by atoms with Crippen LogP contribution in [0.15, 0.2) is 25.2 Å². The first-order chi connectivity index (χ1) is 8.19. The number of imidazole rings is 1. The van der Waals surface area contributed by atoms with Crippen molar-refractivity contribution in [2.75, 3.05) is 6.54 Å². The summed E-state index contributed by atoms with van der Waals surface area (Å²) in [6.45, 7) is 6.79. The monoisotopic (exact) mass is 233 g/mol. The molecule has 1 aliphatic rings. The van der Waals surface area contributed by atoms with E-state index in [4.69, 9.17) is 5.41 Å². The Morgan fingerprint density at radius 2 is 2.47 bits per heavy atom. The van der Waals surface area contributed by atoms with E-state index in [-0.39, 0.29) is 17.9 Å². The molecule has 1 aromatic rings. The summed E-state index contributed by atoms with van der Waals surface area (Å²) in [4.78, 5) is 17.3. The van der Waals surface area contributed by atoms with Crippen LogP contribution in [0.25, 0.3) is 0 Å². The summed E-state index contributed by atoms with van der Waals surface area (Å²) in [5, 5.41) is 10.4. The van der Waals surface area contributed by atoms with Gasteiger partial charge >= 0.3 is 6.03 Å². The third kappa shape index (κ3) is 1.82. The summed E-state index contributed by atoms with van der Waals surface area (Å²) in [5.41, 5.74) is 0.845. The highest BCUT2D eigenvalue weighted by Gasteiger charge is 2.37. The van der Waals surface area contributed by atoms with Gasteiger partial charge in [-0.1, -0.05) is 6.08 Å². The Morgan fingerprint density at radius 3 is 3.12 bits per heavy atom. The third-order valence-corrected chi connectivity index (χ3v) is 2.78. The molecule has 90 valence electrons. The molecule has 2 amide bonds. The second-order valence-corrected chi connectivity index (χ2v) is 3.79. The quantitative estimate of drug-likeness (QED) is 0.765. The van der Waals surface area contributed by atoms with Crippen molar-refractivity contribution in [1.29, 1.82) is 5.41 Å². The maximum Gasteiger partial charge on any atom is 0.324 e. The average molecular weight is 233 g/mol. The fourth-order valence-corrected chi connectivity index (χ4v) is 1.99. The number of hydrogen-bond donors (Lipinski definition) is 2. The van der Waals surface area contributed by atoms with Gasteiger partial charge in [-0.25, -0.2) is 9.78 Å². The fourth-order valence-electron chi connectivity index (χ4n) is 1.99. The van der Waals surface area contributed by atoms with Crippen LogP contribution in [0, 0.1) is 5.41 Å². The van der Waals surface area contributed by atoms with E-state index in [1.807, 2.05) is 11.5 Å². The number of amides is 2. The second kappa shape index (κ2) is 4.40. The van der Waals surface area contributed by atoms with Gasteiger partial charge in [0, 0.05) is 13.1 Å². The molecule has 2 rings (SSSR count). The molecular weight excluding hydrogens is 218 g/mol. The van der Waals surface area contributed by atoms with Gasteiger partial charge in [0.05, 0.1) is 18.2 Å². The second-order valence-electron chi connectivity index (χ2n) is 3.79. The predicted octanol–water partition coefficient (Wildman–Crippen LogP) is 1.13. The Labute approximate surface area is 99.5 Å². The lowest BCUT2D eigenvalue weighted by atomic mass is 10.2. The summed E-state index contributed by atoms with van der Waals surface area (Å²) in [7, 11) is 0. The molecular formula is C11H15N5O. The van der Waals surface area contributed by atoms with Crippen LogP contribution in [-0.2, 0) is 6.54 Å². The molecule has 1 aromatic heterocycles. The minimum absolute atomic E-state index is 0.187. The number of hydrogen-bond acceptors (Lipinski definition) is 3. The van der Waals surface area contributed by atoms with Crippen molar-refractivity contribution < 1.29 is 4.79 Å². The van der Waals surface area contributed by atoms with E-state index >= 15 is 0 Å². The average Bonchev–Trinajstić information content (AvgIpc) is 2.85. The smallest absolute Gasteiger partial charge is 0.324 e. The van der Waals surface area contributed by atoms with Gasteiger partial charge in [-0.2, -0.15) is 0 Å². The predicted molar refractivity (Wildman–Crippen MR) is 63.8 cm³/mol. The Morgan fingerprint density at radius 1 is 1.71 bits per heavy atom. The SMILES string of the molecule is C=CCN1C(=O)NC(=N)C1c1cncn1CC. The van der Waals surface area contributed by atoms with E-state index in [9.17, 15) is 4.79 Å². The first-order valence-electron chi connectivity index (χ1n) is 5.46.